The van der Waals surface area contributed by atoms with Gasteiger partial charge in [0.25, 0.3) is 5.91 Å². The van der Waals surface area contributed by atoms with Crippen molar-refractivity contribution in [3.63, 3.8) is 0 Å². The minimum absolute atomic E-state index is 0.255. The Labute approximate surface area is 166 Å². The molecule has 0 radical (unpaired) electrons. The molecule has 0 atom stereocenters. The maximum atomic E-state index is 12.7. The molecule has 0 spiro atoms. The van der Waals surface area contributed by atoms with E-state index in [1.807, 2.05) is 55.5 Å². The van der Waals surface area contributed by atoms with Crippen molar-refractivity contribution in [2.24, 2.45) is 0 Å². The van der Waals surface area contributed by atoms with Crippen LogP contribution in [-0.2, 0) is 6.61 Å². The fourth-order valence-electron chi connectivity index (χ4n) is 2.41. The number of hydrogen-bond donors (Lipinski definition) is 1. The Balaban J connectivity index is 1.80. The molecule has 0 aromatic heterocycles. The van der Waals surface area contributed by atoms with E-state index in [4.69, 9.17) is 16.3 Å². The third-order valence-corrected chi connectivity index (χ3v) is 4.75. The van der Waals surface area contributed by atoms with Gasteiger partial charge in [-0.25, -0.2) is 0 Å². The van der Waals surface area contributed by atoms with Crippen molar-refractivity contribution in [1.29, 1.82) is 0 Å². The van der Waals surface area contributed by atoms with E-state index in [1.54, 1.807) is 18.2 Å². The molecular formula is C21H17BrClNO2. The molecule has 0 unspecified atom stereocenters. The first-order valence-electron chi connectivity index (χ1n) is 8.07. The number of carbonyl (C=O) groups excluding carboxylic acids is 1. The Bertz CT molecular complexity index is 929. The van der Waals surface area contributed by atoms with Gasteiger partial charge >= 0.3 is 0 Å². The van der Waals surface area contributed by atoms with Crippen LogP contribution in [0.4, 0.5) is 5.69 Å². The zero-order valence-electron chi connectivity index (χ0n) is 14.1. The molecule has 0 heterocycles. The summed E-state index contributed by atoms with van der Waals surface area (Å²) < 4.78 is 6.67. The molecule has 3 nitrogen and oxygen atoms in total. The lowest BCUT2D eigenvalue weighted by Crippen LogP contribution is -2.14. The van der Waals surface area contributed by atoms with Crippen molar-refractivity contribution in [2.45, 2.75) is 13.5 Å². The molecule has 0 aliphatic carbocycles. The van der Waals surface area contributed by atoms with E-state index in [-0.39, 0.29) is 5.91 Å². The molecule has 132 valence electrons. The number of rotatable bonds is 5. The van der Waals surface area contributed by atoms with Crippen molar-refractivity contribution in [2.75, 3.05) is 5.32 Å². The number of ether oxygens (including phenoxy) is 1. The fourth-order valence-corrected chi connectivity index (χ4v) is 2.95. The van der Waals surface area contributed by atoms with Crippen LogP contribution in [0.3, 0.4) is 0 Å². The quantitative estimate of drug-likeness (QED) is 0.520. The van der Waals surface area contributed by atoms with E-state index in [2.05, 4.69) is 21.2 Å². The average Bonchev–Trinajstić information content (AvgIpc) is 2.64. The summed E-state index contributed by atoms with van der Waals surface area (Å²) in [5.74, 6) is 0.266. The molecule has 3 aromatic carbocycles. The van der Waals surface area contributed by atoms with E-state index in [0.717, 1.165) is 15.6 Å². The zero-order valence-corrected chi connectivity index (χ0v) is 16.5. The van der Waals surface area contributed by atoms with Crippen LogP contribution in [0.5, 0.6) is 5.75 Å². The molecule has 5 heteroatoms. The fraction of sp³-hybridized carbons (Fsp3) is 0.0952. The topological polar surface area (TPSA) is 38.3 Å². The van der Waals surface area contributed by atoms with Gasteiger partial charge in [-0.3, -0.25) is 4.79 Å². The Kier molecular flexibility index (Phi) is 5.96. The van der Waals surface area contributed by atoms with E-state index in [0.29, 0.717) is 28.6 Å². The van der Waals surface area contributed by atoms with Gasteiger partial charge in [0.15, 0.2) is 0 Å². The zero-order chi connectivity index (χ0) is 18.5. The van der Waals surface area contributed by atoms with Gasteiger partial charge in [-0.15, -0.1) is 0 Å². The van der Waals surface area contributed by atoms with Crippen LogP contribution in [0.15, 0.2) is 71.2 Å². The van der Waals surface area contributed by atoms with Gasteiger partial charge in [-0.05, 0) is 48.4 Å². The predicted octanol–water partition coefficient (Wildman–Crippen LogP) is 6.24. The van der Waals surface area contributed by atoms with E-state index < -0.39 is 0 Å². The van der Waals surface area contributed by atoms with Crippen molar-refractivity contribution in [3.05, 3.63) is 92.9 Å². The first-order valence-corrected chi connectivity index (χ1v) is 9.24. The molecule has 0 saturated heterocycles. The molecule has 0 aliphatic rings. The van der Waals surface area contributed by atoms with E-state index in [1.165, 1.54) is 0 Å². The second-order valence-electron chi connectivity index (χ2n) is 5.83. The van der Waals surface area contributed by atoms with Crippen LogP contribution in [0, 0.1) is 6.92 Å². The second-order valence-corrected chi connectivity index (χ2v) is 7.16. The minimum Gasteiger partial charge on any atom is -0.488 e. The summed E-state index contributed by atoms with van der Waals surface area (Å²) in [6.45, 7) is 2.30. The van der Waals surface area contributed by atoms with Crippen LogP contribution in [0.1, 0.15) is 21.5 Å². The number of benzene rings is 3. The lowest BCUT2D eigenvalue weighted by Gasteiger charge is -2.13. The van der Waals surface area contributed by atoms with Crippen LogP contribution in [0.25, 0.3) is 0 Å². The summed E-state index contributed by atoms with van der Waals surface area (Å²) in [7, 11) is 0. The molecule has 0 aliphatic heterocycles. The average molecular weight is 431 g/mol. The summed E-state index contributed by atoms with van der Waals surface area (Å²) in [6, 6.07) is 20.6. The molecule has 0 fully saturated rings. The number of halogens is 2. The van der Waals surface area contributed by atoms with Crippen LogP contribution >= 0.6 is 27.5 Å². The van der Waals surface area contributed by atoms with Gasteiger partial charge in [0.05, 0.1) is 5.56 Å². The molecule has 3 rings (SSSR count). The Morgan fingerprint density at radius 2 is 1.85 bits per heavy atom. The highest BCUT2D eigenvalue weighted by molar-refractivity contribution is 9.10. The summed E-state index contributed by atoms with van der Waals surface area (Å²) in [5, 5.41) is 3.48. The number of aryl methyl sites for hydroxylation is 1. The van der Waals surface area contributed by atoms with Gasteiger partial charge in [-0.1, -0.05) is 63.9 Å². The maximum absolute atomic E-state index is 12.7. The first kappa shape index (κ1) is 18.5. The van der Waals surface area contributed by atoms with Gasteiger partial charge in [0.1, 0.15) is 12.4 Å². The molecule has 26 heavy (non-hydrogen) atoms. The maximum Gasteiger partial charge on any atom is 0.259 e. The lowest BCUT2D eigenvalue weighted by atomic mass is 10.1. The summed E-state index contributed by atoms with van der Waals surface area (Å²) in [5.41, 5.74) is 3.08. The van der Waals surface area contributed by atoms with Crippen LogP contribution < -0.4 is 10.1 Å². The van der Waals surface area contributed by atoms with Crippen LogP contribution in [-0.4, -0.2) is 5.91 Å². The highest BCUT2D eigenvalue weighted by Crippen LogP contribution is 2.26. The smallest absolute Gasteiger partial charge is 0.259 e. The van der Waals surface area contributed by atoms with E-state index in [9.17, 15) is 4.79 Å². The molecule has 1 amide bonds. The molecule has 0 saturated carbocycles. The van der Waals surface area contributed by atoms with Crippen molar-refractivity contribution >= 4 is 39.1 Å². The highest BCUT2D eigenvalue weighted by atomic mass is 79.9. The van der Waals surface area contributed by atoms with Crippen LogP contribution in [0.2, 0.25) is 5.02 Å². The molecule has 0 bridgehead atoms. The van der Waals surface area contributed by atoms with Crippen molar-refractivity contribution in [3.8, 4) is 5.75 Å². The molecule has 3 aromatic rings. The number of anilines is 1. The SMILES string of the molecule is Cc1ccc(NC(=O)c2cc(Br)ccc2OCc2ccccc2)cc1Cl. The number of hydrogen-bond acceptors (Lipinski definition) is 2. The first-order chi connectivity index (χ1) is 12.5. The summed E-state index contributed by atoms with van der Waals surface area (Å²) in [4.78, 5) is 12.7. The third kappa shape index (κ3) is 4.65. The normalized spacial score (nSPS) is 10.4. The van der Waals surface area contributed by atoms with Gasteiger partial charge in [-0.2, -0.15) is 0 Å². The third-order valence-electron chi connectivity index (χ3n) is 3.85. The van der Waals surface area contributed by atoms with Gasteiger partial charge in [0, 0.05) is 15.2 Å². The highest BCUT2D eigenvalue weighted by Gasteiger charge is 2.14. The van der Waals surface area contributed by atoms with Crippen molar-refractivity contribution < 1.29 is 9.53 Å². The van der Waals surface area contributed by atoms with Gasteiger partial charge < -0.3 is 10.1 Å². The standard InChI is InChI=1S/C21H17BrClNO2/c1-14-7-9-17(12-19(14)23)24-21(25)18-11-16(22)8-10-20(18)26-13-15-5-3-2-4-6-15/h2-12H,13H2,1H3,(H,24,25). The largest absolute Gasteiger partial charge is 0.488 e. The molecular weight excluding hydrogens is 414 g/mol. The minimum atomic E-state index is -0.255. The Hall–Kier alpha value is -2.30. The monoisotopic (exact) mass is 429 g/mol. The number of carbonyl (C=O) groups is 1. The Morgan fingerprint density at radius 1 is 1.08 bits per heavy atom. The summed E-state index contributed by atoms with van der Waals surface area (Å²) in [6.07, 6.45) is 0. The Morgan fingerprint density at radius 3 is 2.58 bits per heavy atom. The summed E-state index contributed by atoms with van der Waals surface area (Å²) >= 11 is 9.54. The molecule has 1 N–H and O–H groups in total. The van der Waals surface area contributed by atoms with Gasteiger partial charge in [0.2, 0.25) is 0 Å². The van der Waals surface area contributed by atoms with E-state index >= 15 is 0 Å². The second kappa shape index (κ2) is 8.39. The predicted molar refractivity (Wildman–Crippen MR) is 109 cm³/mol. The number of amides is 1. The van der Waals surface area contributed by atoms with Crippen molar-refractivity contribution in [1.82, 2.24) is 0 Å². The number of nitrogens with one attached hydrogen (secondary N) is 1. The lowest BCUT2D eigenvalue weighted by molar-refractivity contribution is 0.102.